The first-order valence-corrected chi connectivity index (χ1v) is 27.7. The van der Waals surface area contributed by atoms with E-state index in [1.165, 1.54) is 23.4 Å². The van der Waals surface area contributed by atoms with Crippen molar-refractivity contribution >= 4 is 32.8 Å². The maximum atomic E-state index is 9.57. The third-order valence-electron chi connectivity index (χ3n) is 15.3. The number of pyridine rings is 1. The number of para-hydroxylation sites is 1. The second kappa shape index (κ2) is 21.6. The number of nitrogens with zero attached hydrogens (tertiary/aromatic N) is 4. The molecule has 0 saturated carbocycles. The average Bonchev–Trinajstić information content (AvgIpc) is 1.32. The Kier molecular flexibility index (Phi) is 11.1. The summed E-state index contributed by atoms with van der Waals surface area (Å²) in [6.45, 7) is 23.2. The van der Waals surface area contributed by atoms with Crippen LogP contribution in [-0.4, -0.2) is 14.1 Å². The number of rotatable bonds is 9. The second-order valence-corrected chi connectivity index (χ2v) is 25.3. The summed E-state index contributed by atoms with van der Waals surface area (Å²) in [6.07, 6.45) is 5.01. The molecule has 0 aliphatic rings. The van der Waals surface area contributed by atoms with Crippen LogP contribution in [0.25, 0.3) is 94.5 Å². The van der Waals surface area contributed by atoms with Crippen LogP contribution in [0, 0.1) is 25.3 Å². The van der Waals surface area contributed by atoms with Crippen LogP contribution < -0.4 is 9.30 Å². The van der Waals surface area contributed by atoms with E-state index in [-0.39, 0.29) is 83.2 Å². The van der Waals surface area contributed by atoms with Crippen LogP contribution in [0.1, 0.15) is 129 Å². The van der Waals surface area contributed by atoms with Gasteiger partial charge in [-0.1, -0.05) is 234 Å². The van der Waals surface area contributed by atoms with Crippen LogP contribution in [0.3, 0.4) is 0 Å². The van der Waals surface area contributed by atoms with Crippen LogP contribution in [-0.2, 0) is 42.7 Å². The van der Waals surface area contributed by atoms with E-state index in [9.17, 15) is 2.74 Å². The molecule has 9 aromatic carbocycles. The minimum absolute atomic E-state index is 0. The summed E-state index contributed by atoms with van der Waals surface area (Å²) in [5.74, 6) is 0.750. The van der Waals surface area contributed by atoms with E-state index in [1.54, 1.807) is 16.7 Å². The topological polar surface area (TPSA) is 35.9 Å². The van der Waals surface area contributed by atoms with Crippen molar-refractivity contribution in [3.8, 4) is 73.2 Å². The van der Waals surface area contributed by atoms with Crippen LogP contribution in [0.2, 0.25) is 0 Å². The molecule has 0 aliphatic carbocycles. The minimum atomic E-state index is -2.81. The van der Waals surface area contributed by atoms with Gasteiger partial charge in [-0.15, -0.1) is 29.7 Å². The van der Waals surface area contributed by atoms with E-state index in [0.717, 1.165) is 44.2 Å². The largest absolute Gasteiger partial charge is 0.510 e. The van der Waals surface area contributed by atoms with Gasteiger partial charge in [0.1, 0.15) is 5.82 Å². The quantitative estimate of drug-likeness (QED) is 0.107. The average molecular weight is 1280 g/mol. The molecule has 0 amide bonds. The standard InChI is InChI=1S/C77H72N4O.Pt/c1-50-38-72(78-48-67(50)52-26-18-15-19-27-52)81-68-33-21-20-32-63(68)64-36-35-62(47-70(64)81)82-61-31-23-30-60(46-61)79-49-80(69-37-34-53(42-71(69)79)55-40-57(75(5,6)7)43-58(41-55)76(8,9)10)73-65(51-24-16-14-17-25-51)44-59(77(11,12)13)45-66(73)54-28-22-29-56(39-54)74(2,3)4;/h14-45,48H,1-13H3;/q-2;/i1D3,14D,15D,16D,17D,18D,19D,24D,25D,26D,27D;. The van der Waals surface area contributed by atoms with Crippen molar-refractivity contribution < 1.29 is 48.2 Å². The summed E-state index contributed by atoms with van der Waals surface area (Å²) in [4.78, 5) is 4.75. The van der Waals surface area contributed by atoms with Gasteiger partial charge < -0.3 is 13.9 Å². The number of ether oxygens (including phenoxy) is 1. The van der Waals surface area contributed by atoms with Gasteiger partial charge in [0.25, 0.3) is 6.33 Å². The molecule has 0 unspecified atom stereocenters. The molecule has 3 aromatic heterocycles. The summed E-state index contributed by atoms with van der Waals surface area (Å²) >= 11 is 0. The van der Waals surface area contributed by atoms with Crippen molar-refractivity contribution in [1.29, 1.82) is 0 Å². The van der Waals surface area contributed by atoms with Gasteiger partial charge in [0.05, 0.1) is 30.4 Å². The monoisotopic (exact) mass is 1280 g/mol. The van der Waals surface area contributed by atoms with E-state index in [4.69, 9.17) is 24.8 Å². The Hall–Kier alpha value is -8.11. The van der Waals surface area contributed by atoms with Crippen molar-refractivity contribution in [1.82, 2.24) is 14.1 Å². The van der Waals surface area contributed by atoms with Gasteiger partial charge in [0, 0.05) is 54.0 Å². The Morgan fingerprint density at radius 3 is 1.76 bits per heavy atom. The first-order chi connectivity index (χ1) is 44.4. The molecular formula is C77H72N4OPt-2. The smallest absolute Gasteiger partial charge is 0.268 e. The Morgan fingerprint density at radius 1 is 0.494 bits per heavy atom. The van der Waals surface area contributed by atoms with Crippen LogP contribution in [0.4, 0.5) is 0 Å². The zero-order chi connectivity index (χ0) is 68.7. The van der Waals surface area contributed by atoms with Gasteiger partial charge in [-0.2, -0.15) is 18.2 Å². The molecule has 0 atom stereocenters. The molecule has 5 nitrogen and oxygen atoms in total. The fourth-order valence-corrected chi connectivity index (χ4v) is 10.6. The Labute approximate surface area is 523 Å². The summed E-state index contributed by atoms with van der Waals surface area (Å²) in [5.41, 5.74) is 10.2. The van der Waals surface area contributed by atoms with Crippen molar-refractivity contribution in [2.24, 2.45) is 0 Å². The van der Waals surface area contributed by atoms with Crippen LogP contribution in [0.15, 0.2) is 200 Å². The molecule has 12 aromatic rings. The maximum Gasteiger partial charge on any atom is 0.268 e. The Balaban J connectivity index is 0.00000936. The van der Waals surface area contributed by atoms with Crippen LogP contribution >= 0.6 is 0 Å². The van der Waals surface area contributed by atoms with Gasteiger partial charge in [0.15, 0.2) is 0 Å². The third kappa shape index (κ3) is 11.1. The van der Waals surface area contributed by atoms with Gasteiger partial charge in [-0.3, -0.25) is 4.57 Å². The molecule has 3 heterocycles. The Morgan fingerprint density at radius 2 is 1.10 bits per heavy atom. The summed E-state index contributed by atoms with van der Waals surface area (Å²) < 4.78 is 127. The normalized spacial score (nSPS) is 14.7. The van der Waals surface area contributed by atoms with E-state index >= 15 is 0 Å². The molecule has 6 heteroatoms. The number of hydrogen-bond acceptors (Lipinski definition) is 2. The summed E-state index contributed by atoms with van der Waals surface area (Å²) in [6, 6.07) is 45.7. The molecule has 0 fully saturated rings. The fraction of sp³-hybridized carbons (Fsp3) is 0.221. The molecule has 0 radical (unpaired) electrons. The van der Waals surface area contributed by atoms with Gasteiger partial charge in [0.2, 0.25) is 0 Å². The second-order valence-electron chi connectivity index (χ2n) is 25.3. The number of benzene rings is 9. The number of imidazole rings is 1. The SMILES string of the molecule is [2H]c1c([2H])c([2H])c(-c2cnc(-n3c4[c-]c(Oc5[c-]c(-n6[c-][n+](-c7c(-c8cccc(C(C)(C)C)c8)cc(C(C)(C)C)cc7-c7c([2H])c([2H])c([2H])c([2H])c7[2H])c7ccc(-c8cc(C(C)(C)C)cc(C(C)(C)C)c8)cc76)ccc5)ccc4c4ccccc43)cc2C([2H])([2H])[2H])c([2H])c1[2H].[Pt]. The number of aromatic nitrogens is 4. The zero-order valence-corrected chi connectivity index (χ0v) is 51.1. The first kappa shape index (κ1) is 42.7. The Bertz CT molecular complexity index is 5060. The number of hydrogen-bond donors (Lipinski definition) is 0. The zero-order valence-electron chi connectivity index (χ0n) is 61.8. The third-order valence-corrected chi connectivity index (χ3v) is 15.3. The maximum absolute atomic E-state index is 9.57. The molecule has 0 spiro atoms. The fourth-order valence-electron chi connectivity index (χ4n) is 10.6. The van der Waals surface area contributed by atoms with Crippen molar-refractivity contribution in [2.75, 3.05) is 0 Å². The van der Waals surface area contributed by atoms with Gasteiger partial charge in [-0.05, 0) is 125 Å². The van der Waals surface area contributed by atoms with E-state index in [2.05, 4.69) is 162 Å². The molecule has 83 heavy (non-hydrogen) atoms. The molecule has 0 bridgehead atoms. The molecule has 12 rings (SSSR count). The number of fused-ring (bicyclic) bond motifs is 4. The predicted molar refractivity (Wildman–Crippen MR) is 341 cm³/mol. The molecule has 0 N–H and O–H groups in total. The molecule has 0 saturated heterocycles. The van der Waals surface area contributed by atoms with Crippen molar-refractivity contribution in [2.45, 2.75) is 112 Å². The number of aryl methyl sites for hydroxylation is 1. The van der Waals surface area contributed by atoms with Crippen molar-refractivity contribution in [3.63, 3.8) is 0 Å². The molecule has 0 aliphatic heterocycles. The molecule has 418 valence electrons. The summed E-state index contributed by atoms with van der Waals surface area (Å²) in [7, 11) is 0. The van der Waals surface area contributed by atoms with Crippen LogP contribution in [0.5, 0.6) is 11.5 Å². The van der Waals surface area contributed by atoms with E-state index < -0.39 is 60.6 Å². The minimum Gasteiger partial charge on any atom is -0.510 e. The molecular weight excluding hydrogens is 1190 g/mol. The predicted octanol–water partition coefficient (Wildman–Crippen LogP) is 19.8. The van der Waals surface area contributed by atoms with E-state index in [0.29, 0.717) is 44.8 Å². The first-order valence-electron chi connectivity index (χ1n) is 34.2. The van der Waals surface area contributed by atoms with Crippen molar-refractivity contribution in [3.05, 3.63) is 246 Å². The van der Waals surface area contributed by atoms with Gasteiger partial charge in [-0.25, -0.2) is 4.98 Å². The van der Waals surface area contributed by atoms with E-state index in [1.807, 2.05) is 63.7 Å². The van der Waals surface area contributed by atoms with Gasteiger partial charge >= 0.3 is 0 Å². The summed E-state index contributed by atoms with van der Waals surface area (Å²) in [5, 5.41) is 1.55.